The van der Waals surface area contributed by atoms with Crippen molar-refractivity contribution >= 4 is 11.6 Å². The predicted octanol–water partition coefficient (Wildman–Crippen LogP) is 3.26. The number of anilines is 1. The highest BCUT2D eigenvalue weighted by molar-refractivity contribution is 5.92. The molecule has 0 unspecified atom stereocenters. The van der Waals surface area contributed by atoms with Gasteiger partial charge in [0.05, 0.1) is 0 Å². The SMILES string of the molecule is CNC1(CC(=O)Nc2cc(C)c(O)cc2C)CCCCC1. The van der Waals surface area contributed by atoms with E-state index in [-0.39, 0.29) is 17.2 Å². The number of hydrogen-bond acceptors (Lipinski definition) is 3. The van der Waals surface area contributed by atoms with E-state index in [9.17, 15) is 9.90 Å². The fourth-order valence-electron chi connectivity index (χ4n) is 3.18. The Morgan fingerprint density at radius 2 is 1.86 bits per heavy atom. The summed E-state index contributed by atoms with van der Waals surface area (Å²) in [6, 6.07) is 3.52. The average molecular weight is 290 g/mol. The summed E-state index contributed by atoms with van der Waals surface area (Å²) in [6.45, 7) is 3.73. The summed E-state index contributed by atoms with van der Waals surface area (Å²) in [4.78, 5) is 12.4. The molecule has 1 aliphatic carbocycles. The second kappa shape index (κ2) is 6.48. The van der Waals surface area contributed by atoms with Crippen LogP contribution in [0.5, 0.6) is 5.75 Å². The van der Waals surface area contributed by atoms with Gasteiger partial charge in [0.25, 0.3) is 0 Å². The Kier molecular flexibility index (Phi) is 4.88. The topological polar surface area (TPSA) is 61.4 Å². The molecule has 1 aromatic rings. The second-order valence-electron chi connectivity index (χ2n) is 6.27. The van der Waals surface area contributed by atoms with E-state index in [2.05, 4.69) is 10.6 Å². The van der Waals surface area contributed by atoms with Crippen molar-refractivity contribution in [2.24, 2.45) is 0 Å². The van der Waals surface area contributed by atoms with Gasteiger partial charge in [-0.15, -0.1) is 0 Å². The van der Waals surface area contributed by atoms with Crippen LogP contribution in [-0.2, 0) is 4.79 Å². The van der Waals surface area contributed by atoms with Crippen LogP contribution in [0.1, 0.15) is 49.7 Å². The maximum absolute atomic E-state index is 12.4. The number of phenols is 1. The standard InChI is InChI=1S/C17H26N2O2/c1-12-10-15(20)13(2)9-14(12)19-16(21)11-17(18-3)7-5-4-6-8-17/h9-10,18,20H,4-8,11H2,1-3H3,(H,19,21). The third-order valence-electron chi connectivity index (χ3n) is 4.66. The van der Waals surface area contributed by atoms with Gasteiger partial charge in [-0.25, -0.2) is 0 Å². The van der Waals surface area contributed by atoms with Crippen molar-refractivity contribution in [3.63, 3.8) is 0 Å². The average Bonchev–Trinajstić information content (AvgIpc) is 2.45. The molecule has 1 fully saturated rings. The molecule has 1 aromatic carbocycles. The maximum atomic E-state index is 12.4. The molecule has 4 nitrogen and oxygen atoms in total. The number of carbonyl (C=O) groups excluding carboxylic acids is 1. The van der Waals surface area contributed by atoms with E-state index in [0.717, 1.165) is 29.7 Å². The van der Waals surface area contributed by atoms with E-state index in [1.807, 2.05) is 27.0 Å². The third-order valence-corrected chi connectivity index (χ3v) is 4.66. The van der Waals surface area contributed by atoms with Crippen LogP contribution in [0.15, 0.2) is 12.1 Å². The van der Waals surface area contributed by atoms with E-state index < -0.39 is 0 Å². The van der Waals surface area contributed by atoms with Gasteiger partial charge in [0, 0.05) is 17.6 Å². The van der Waals surface area contributed by atoms with Crippen molar-refractivity contribution in [1.82, 2.24) is 5.32 Å². The molecular formula is C17H26N2O2. The third kappa shape index (κ3) is 3.76. The van der Waals surface area contributed by atoms with Crippen LogP contribution in [-0.4, -0.2) is 23.6 Å². The summed E-state index contributed by atoms with van der Waals surface area (Å²) in [5.41, 5.74) is 2.39. The first-order chi connectivity index (χ1) is 9.96. The van der Waals surface area contributed by atoms with Crippen LogP contribution >= 0.6 is 0 Å². The molecule has 0 atom stereocenters. The maximum Gasteiger partial charge on any atom is 0.226 e. The fourth-order valence-corrected chi connectivity index (χ4v) is 3.18. The van der Waals surface area contributed by atoms with Crippen LogP contribution in [0, 0.1) is 13.8 Å². The number of carbonyl (C=O) groups is 1. The molecule has 4 heteroatoms. The molecule has 0 aliphatic heterocycles. The summed E-state index contributed by atoms with van der Waals surface area (Å²) in [6.07, 6.45) is 6.26. The van der Waals surface area contributed by atoms with Crippen molar-refractivity contribution in [1.29, 1.82) is 0 Å². The van der Waals surface area contributed by atoms with Crippen molar-refractivity contribution < 1.29 is 9.90 Å². The van der Waals surface area contributed by atoms with Gasteiger partial charge in [0.2, 0.25) is 5.91 Å². The number of rotatable bonds is 4. The minimum Gasteiger partial charge on any atom is -0.508 e. The number of amides is 1. The minimum atomic E-state index is -0.0534. The Hall–Kier alpha value is -1.55. The lowest BCUT2D eigenvalue weighted by atomic mass is 9.79. The lowest BCUT2D eigenvalue weighted by molar-refractivity contribution is -0.117. The number of aromatic hydroxyl groups is 1. The van der Waals surface area contributed by atoms with E-state index >= 15 is 0 Å². The summed E-state index contributed by atoms with van der Waals surface area (Å²) < 4.78 is 0. The molecule has 21 heavy (non-hydrogen) atoms. The molecular weight excluding hydrogens is 264 g/mol. The molecule has 1 aliphatic rings. The van der Waals surface area contributed by atoms with Gasteiger partial charge in [-0.05, 0) is 57.0 Å². The zero-order valence-electron chi connectivity index (χ0n) is 13.3. The molecule has 1 amide bonds. The smallest absolute Gasteiger partial charge is 0.226 e. The Balaban J connectivity index is 2.06. The molecule has 1 saturated carbocycles. The van der Waals surface area contributed by atoms with E-state index in [1.54, 1.807) is 6.07 Å². The van der Waals surface area contributed by atoms with Gasteiger partial charge < -0.3 is 15.7 Å². The lowest BCUT2D eigenvalue weighted by Gasteiger charge is -2.36. The summed E-state index contributed by atoms with van der Waals surface area (Å²) in [7, 11) is 1.95. The van der Waals surface area contributed by atoms with Crippen molar-refractivity contribution in [3.8, 4) is 5.75 Å². The highest BCUT2D eigenvalue weighted by Crippen LogP contribution is 2.31. The molecule has 0 aromatic heterocycles. The van der Waals surface area contributed by atoms with Crippen LogP contribution in [0.2, 0.25) is 0 Å². The second-order valence-corrected chi connectivity index (χ2v) is 6.27. The van der Waals surface area contributed by atoms with E-state index in [4.69, 9.17) is 0 Å². The summed E-state index contributed by atoms with van der Waals surface area (Å²) >= 11 is 0. The Labute approximate surface area is 126 Å². The number of nitrogens with one attached hydrogen (secondary N) is 2. The van der Waals surface area contributed by atoms with Gasteiger partial charge in [0.1, 0.15) is 5.75 Å². The monoisotopic (exact) mass is 290 g/mol. The highest BCUT2D eigenvalue weighted by Gasteiger charge is 2.32. The lowest BCUT2D eigenvalue weighted by Crippen LogP contribution is -2.47. The first-order valence-electron chi connectivity index (χ1n) is 7.75. The van der Waals surface area contributed by atoms with Crippen molar-refractivity contribution in [2.75, 3.05) is 12.4 Å². The van der Waals surface area contributed by atoms with Crippen molar-refractivity contribution in [3.05, 3.63) is 23.3 Å². The van der Waals surface area contributed by atoms with Crippen molar-refractivity contribution in [2.45, 2.75) is 57.9 Å². The number of benzene rings is 1. The summed E-state index contributed by atoms with van der Waals surface area (Å²) in [5, 5.41) is 16.0. The highest BCUT2D eigenvalue weighted by atomic mass is 16.3. The molecule has 0 saturated heterocycles. The molecule has 2 rings (SSSR count). The van der Waals surface area contributed by atoms with Gasteiger partial charge >= 0.3 is 0 Å². The van der Waals surface area contributed by atoms with Gasteiger partial charge in [-0.3, -0.25) is 4.79 Å². The number of hydrogen-bond donors (Lipinski definition) is 3. The zero-order chi connectivity index (χ0) is 15.5. The minimum absolute atomic E-state index is 0.0411. The number of aryl methyl sites for hydroxylation is 2. The largest absolute Gasteiger partial charge is 0.508 e. The van der Waals surface area contributed by atoms with E-state index in [0.29, 0.717) is 6.42 Å². The van der Waals surface area contributed by atoms with Crippen LogP contribution < -0.4 is 10.6 Å². The normalized spacial score (nSPS) is 17.5. The van der Waals surface area contributed by atoms with Crippen LogP contribution in [0.3, 0.4) is 0 Å². The molecule has 0 heterocycles. The number of phenolic OH excluding ortho intramolecular Hbond substituents is 1. The van der Waals surface area contributed by atoms with Crippen LogP contribution in [0.25, 0.3) is 0 Å². The van der Waals surface area contributed by atoms with Gasteiger partial charge in [-0.2, -0.15) is 0 Å². The molecule has 0 bridgehead atoms. The van der Waals surface area contributed by atoms with E-state index in [1.165, 1.54) is 19.3 Å². The molecule has 0 radical (unpaired) electrons. The Bertz CT molecular complexity index is 520. The Morgan fingerprint density at radius 1 is 1.19 bits per heavy atom. The van der Waals surface area contributed by atoms with Gasteiger partial charge in [-0.1, -0.05) is 19.3 Å². The molecule has 116 valence electrons. The van der Waals surface area contributed by atoms with Crippen LogP contribution in [0.4, 0.5) is 5.69 Å². The summed E-state index contributed by atoms with van der Waals surface area (Å²) in [5.74, 6) is 0.309. The first kappa shape index (κ1) is 15.8. The Morgan fingerprint density at radius 3 is 2.48 bits per heavy atom. The van der Waals surface area contributed by atoms with Gasteiger partial charge in [0.15, 0.2) is 0 Å². The molecule has 3 N–H and O–H groups in total. The fraction of sp³-hybridized carbons (Fsp3) is 0.588. The zero-order valence-corrected chi connectivity index (χ0v) is 13.3. The first-order valence-corrected chi connectivity index (χ1v) is 7.75. The predicted molar refractivity (Wildman–Crippen MR) is 85.7 cm³/mol. The quantitative estimate of drug-likeness (QED) is 0.746. The molecule has 0 spiro atoms.